The fraction of sp³-hybridized carbons (Fsp3) is 0.875. The smallest absolute Gasteiger partial charge is 0.342 e. The average molecular weight is 243 g/mol. The SMILES string of the molecule is COC(=O)C(Cl)(Cl)CCCNCCN. The number of ether oxygens (including phenoxy) is 1. The van der Waals surface area contributed by atoms with Crippen molar-refractivity contribution in [3.63, 3.8) is 0 Å². The van der Waals surface area contributed by atoms with E-state index in [1.807, 2.05) is 0 Å². The van der Waals surface area contributed by atoms with Crippen LogP contribution in [0, 0.1) is 0 Å². The van der Waals surface area contributed by atoms with Crippen LogP contribution in [0.3, 0.4) is 0 Å². The Bertz CT molecular complexity index is 177. The molecule has 0 unspecified atom stereocenters. The summed E-state index contributed by atoms with van der Waals surface area (Å²) in [5.74, 6) is -0.611. The number of nitrogens with one attached hydrogen (secondary N) is 1. The Kier molecular flexibility index (Phi) is 7.27. The zero-order chi connectivity index (χ0) is 11.0. The van der Waals surface area contributed by atoms with E-state index in [0.29, 0.717) is 19.4 Å². The summed E-state index contributed by atoms with van der Waals surface area (Å²) in [6.45, 7) is 2.06. The van der Waals surface area contributed by atoms with Crippen molar-refractivity contribution >= 4 is 29.2 Å². The molecule has 0 heterocycles. The highest BCUT2D eigenvalue weighted by Crippen LogP contribution is 2.27. The second kappa shape index (κ2) is 7.29. The van der Waals surface area contributed by atoms with Crippen molar-refractivity contribution in [2.24, 2.45) is 5.73 Å². The van der Waals surface area contributed by atoms with E-state index in [0.717, 1.165) is 13.1 Å². The summed E-state index contributed by atoms with van der Waals surface area (Å²) >= 11 is 11.5. The molecule has 0 spiro atoms. The maximum Gasteiger partial charge on any atom is 0.342 e. The molecule has 14 heavy (non-hydrogen) atoms. The predicted molar refractivity (Wildman–Crippen MR) is 57.6 cm³/mol. The van der Waals surface area contributed by atoms with Crippen molar-refractivity contribution in [1.29, 1.82) is 0 Å². The number of alkyl halides is 2. The molecule has 0 bridgehead atoms. The molecule has 0 amide bonds. The molecule has 0 saturated heterocycles. The van der Waals surface area contributed by atoms with Crippen LogP contribution < -0.4 is 11.1 Å². The molecule has 0 aromatic heterocycles. The van der Waals surface area contributed by atoms with Gasteiger partial charge in [-0.3, -0.25) is 0 Å². The highest BCUT2D eigenvalue weighted by molar-refractivity contribution is 6.57. The van der Waals surface area contributed by atoms with Crippen LogP contribution in [0.25, 0.3) is 0 Å². The van der Waals surface area contributed by atoms with Gasteiger partial charge in [0.15, 0.2) is 0 Å². The van der Waals surface area contributed by atoms with Crippen LogP contribution in [0.1, 0.15) is 12.8 Å². The molecular weight excluding hydrogens is 227 g/mol. The van der Waals surface area contributed by atoms with Gasteiger partial charge in [0, 0.05) is 13.1 Å². The van der Waals surface area contributed by atoms with Crippen molar-refractivity contribution in [1.82, 2.24) is 5.32 Å². The lowest BCUT2D eigenvalue weighted by molar-refractivity contribution is -0.141. The first-order chi connectivity index (χ1) is 6.54. The molecule has 0 aromatic carbocycles. The number of hydrogen-bond donors (Lipinski definition) is 2. The van der Waals surface area contributed by atoms with Crippen LogP contribution in [0.15, 0.2) is 0 Å². The third kappa shape index (κ3) is 5.65. The third-order valence-electron chi connectivity index (χ3n) is 1.65. The molecule has 6 heteroatoms. The number of nitrogens with two attached hydrogens (primary N) is 1. The van der Waals surface area contributed by atoms with Gasteiger partial charge < -0.3 is 15.8 Å². The molecule has 84 valence electrons. The number of esters is 1. The molecule has 0 atom stereocenters. The Balaban J connectivity index is 3.60. The first-order valence-electron chi connectivity index (χ1n) is 4.41. The van der Waals surface area contributed by atoms with E-state index in [9.17, 15) is 4.79 Å². The summed E-state index contributed by atoms with van der Waals surface area (Å²) in [6.07, 6.45) is 1.06. The quantitative estimate of drug-likeness (QED) is 0.391. The van der Waals surface area contributed by atoms with E-state index < -0.39 is 10.3 Å². The number of carbonyl (C=O) groups excluding carboxylic acids is 1. The molecule has 0 aliphatic carbocycles. The third-order valence-corrected chi connectivity index (χ3v) is 2.34. The molecule has 4 nitrogen and oxygen atoms in total. The number of rotatable bonds is 7. The number of hydrogen-bond acceptors (Lipinski definition) is 4. The molecule has 0 aromatic rings. The van der Waals surface area contributed by atoms with Crippen molar-refractivity contribution < 1.29 is 9.53 Å². The van der Waals surface area contributed by atoms with E-state index in [1.165, 1.54) is 7.11 Å². The summed E-state index contributed by atoms with van der Waals surface area (Å²) < 4.78 is 3.02. The normalized spacial score (nSPS) is 11.4. The van der Waals surface area contributed by atoms with Crippen molar-refractivity contribution in [2.75, 3.05) is 26.7 Å². The second-order valence-corrected chi connectivity index (χ2v) is 4.32. The van der Waals surface area contributed by atoms with Crippen LogP contribution in [0.5, 0.6) is 0 Å². The zero-order valence-electron chi connectivity index (χ0n) is 8.19. The zero-order valence-corrected chi connectivity index (χ0v) is 9.70. The van der Waals surface area contributed by atoms with Crippen molar-refractivity contribution in [2.45, 2.75) is 17.2 Å². The summed E-state index contributed by atoms with van der Waals surface area (Å²) in [7, 11) is 1.26. The fourth-order valence-electron chi connectivity index (χ4n) is 0.914. The second-order valence-electron chi connectivity index (χ2n) is 2.84. The topological polar surface area (TPSA) is 64.3 Å². The van der Waals surface area contributed by atoms with Crippen LogP contribution in [0.2, 0.25) is 0 Å². The first kappa shape index (κ1) is 14.0. The van der Waals surface area contributed by atoms with Gasteiger partial charge in [-0.05, 0) is 19.4 Å². The average Bonchev–Trinajstić information content (AvgIpc) is 2.16. The van der Waals surface area contributed by atoms with Gasteiger partial charge in [0.25, 0.3) is 0 Å². The molecular formula is C8H16Cl2N2O2. The van der Waals surface area contributed by atoms with E-state index in [2.05, 4.69) is 10.1 Å². The monoisotopic (exact) mass is 242 g/mol. The number of methoxy groups -OCH3 is 1. The summed E-state index contributed by atoms with van der Waals surface area (Å²) in [5.41, 5.74) is 5.28. The van der Waals surface area contributed by atoms with Gasteiger partial charge in [-0.15, -0.1) is 0 Å². The minimum absolute atomic E-state index is 0.361. The lowest BCUT2D eigenvalue weighted by Crippen LogP contribution is -2.29. The summed E-state index contributed by atoms with van der Waals surface area (Å²) in [5, 5.41) is 3.07. The Morgan fingerprint density at radius 1 is 1.50 bits per heavy atom. The maximum absolute atomic E-state index is 11.0. The highest BCUT2D eigenvalue weighted by atomic mass is 35.5. The maximum atomic E-state index is 11.0. The van der Waals surface area contributed by atoms with Crippen LogP contribution in [0.4, 0.5) is 0 Å². The van der Waals surface area contributed by atoms with Gasteiger partial charge in [0.2, 0.25) is 4.33 Å². The van der Waals surface area contributed by atoms with Gasteiger partial charge in [-0.2, -0.15) is 0 Å². The Labute approximate surface area is 94.1 Å². The largest absolute Gasteiger partial charge is 0.467 e. The Hall–Kier alpha value is -0.0300. The fourth-order valence-corrected chi connectivity index (χ4v) is 1.34. The summed E-state index contributed by atoms with van der Waals surface area (Å²) in [6, 6.07) is 0. The van der Waals surface area contributed by atoms with Crippen molar-refractivity contribution in [3.8, 4) is 0 Å². The van der Waals surface area contributed by atoms with Crippen LogP contribution >= 0.6 is 23.2 Å². The molecule has 0 saturated carbocycles. The van der Waals surface area contributed by atoms with Crippen LogP contribution in [-0.4, -0.2) is 37.0 Å². The molecule has 0 aliphatic rings. The molecule has 0 rings (SSSR count). The van der Waals surface area contributed by atoms with Gasteiger partial charge in [-0.25, -0.2) is 4.79 Å². The Morgan fingerprint density at radius 2 is 2.14 bits per heavy atom. The van der Waals surface area contributed by atoms with Gasteiger partial charge in [0.1, 0.15) is 0 Å². The predicted octanol–water partition coefficient (Wildman–Crippen LogP) is 0.662. The van der Waals surface area contributed by atoms with E-state index in [4.69, 9.17) is 28.9 Å². The number of halogens is 2. The highest BCUT2D eigenvalue weighted by Gasteiger charge is 2.33. The lowest BCUT2D eigenvalue weighted by Gasteiger charge is -2.16. The van der Waals surface area contributed by atoms with Crippen molar-refractivity contribution in [3.05, 3.63) is 0 Å². The summed E-state index contributed by atoms with van der Waals surface area (Å²) in [4.78, 5) is 11.0. The minimum atomic E-state index is -1.43. The minimum Gasteiger partial charge on any atom is -0.467 e. The van der Waals surface area contributed by atoms with Gasteiger partial charge in [-0.1, -0.05) is 23.2 Å². The molecule has 0 radical (unpaired) electrons. The van der Waals surface area contributed by atoms with Gasteiger partial charge >= 0.3 is 5.97 Å². The molecule has 0 fully saturated rings. The van der Waals surface area contributed by atoms with E-state index >= 15 is 0 Å². The van der Waals surface area contributed by atoms with Gasteiger partial charge in [0.05, 0.1) is 7.11 Å². The Morgan fingerprint density at radius 3 is 2.64 bits per heavy atom. The molecule has 3 N–H and O–H groups in total. The standard InChI is InChI=1S/C8H16Cl2N2O2/c1-14-7(13)8(9,10)3-2-5-12-6-4-11/h12H,2-6,11H2,1H3. The molecule has 0 aliphatic heterocycles. The van der Waals surface area contributed by atoms with Crippen LogP contribution in [-0.2, 0) is 9.53 Å². The number of carbonyl (C=O) groups is 1. The first-order valence-corrected chi connectivity index (χ1v) is 5.17. The lowest BCUT2D eigenvalue weighted by atomic mass is 10.2. The van der Waals surface area contributed by atoms with E-state index in [1.54, 1.807) is 0 Å². The van der Waals surface area contributed by atoms with E-state index in [-0.39, 0.29) is 0 Å².